The lowest BCUT2D eigenvalue weighted by molar-refractivity contribution is -0.137. The van der Waals surface area contributed by atoms with Gasteiger partial charge in [-0.25, -0.2) is 18.1 Å². The molecule has 0 saturated carbocycles. The SMILES string of the molecule is COc1ccc(S(=O)(=O)NC2CCN(c3ccc(C(F)(F)F)cn3)C2)cc1C. The summed E-state index contributed by atoms with van der Waals surface area (Å²) in [5, 5.41) is 0. The predicted octanol–water partition coefficient (Wildman–Crippen LogP) is 2.97. The lowest BCUT2D eigenvalue weighted by Crippen LogP contribution is -2.37. The van der Waals surface area contributed by atoms with Gasteiger partial charge in [-0.1, -0.05) is 0 Å². The Morgan fingerprint density at radius 2 is 2.00 bits per heavy atom. The number of methoxy groups -OCH3 is 1. The summed E-state index contributed by atoms with van der Waals surface area (Å²) < 4.78 is 71.0. The fraction of sp³-hybridized carbons (Fsp3) is 0.389. The van der Waals surface area contributed by atoms with Crippen LogP contribution in [0.1, 0.15) is 17.5 Å². The van der Waals surface area contributed by atoms with Gasteiger partial charge in [0.2, 0.25) is 10.0 Å². The van der Waals surface area contributed by atoms with Crippen molar-refractivity contribution in [3.05, 3.63) is 47.7 Å². The molecule has 1 fully saturated rings. The van der Waals surface area contributed by atoms with Crippen LogP contribution < -0.4 is 14.4 Å². The third kappa shape index (κ3) is 4.39. The molecule has 1 aliphatic rings. The Kier molecular flexibility index (Phi) is 5.53. The number of aryl methyl sites for hydroxylation is 1. The highest BCUT2D eigenvalue weighted by atomic mass is 32.2. The molecule has 1 saturated heterocycles. The maximum absolute atomic E-state index is 12.6. The first-order valence-electron chi connectivity index (χ1n) is 8.55. The number of halogens is 3. The lowest BCUT2D eigenvalue weighted by atomic mass is 10.2. The summed E-state index contributed by atoms with van der Waals surface area (Å²) in [5.74, 6) is 0.981. The Morgan fingerprint density at radius 1 is 1.25 bits per heavy atom. The van der Waals surface area contributed by atoms with Crippen molar-refractivity contribution in [1.29, 1.82) is 0 Å². The number of pyridine rings is 1. The lowest BCUT2D eigenvalue weighted by Gasteiger charge is -2.19. The molecular formula is C18H20F3N3O3S. The summed E-state index contributed by atoms with van der Waals surface area (Å²) >= 11 is 0. The number of benzene rings is 1. The van der Waals surface area contributed by atoms with Crippen molar-refractivity contribution >= 4 is 15.8 Å². The molecule has 0 amide bonds. The second kappa shape index (κ2) is 7.59. The molecule has 3 rings (SSSR count). The molecule has 1 N–H and O–H groups in total. The van der Waals surface area contributed by atoms with Crippen LogP contribution in [0.3, 0.4) is 0 Å². The average molecular weight is 415 g/mol. The van der Waals surface area contributed by atoms with Crippen LogP contribution in [0.2, 0.25) is 0 Å². The summed E-state index contributed by atoms with van der Waals surface area (Å²) in [5.41, 5.74) is -0.116. The van der Waals surface area contributed by atoms with Gasteiger partial charge >= 0.3 is 6.18 Å². The average Bonchev–Trinajstić information content (AvgIpc) is 3.08. The highest BCUT2D eigenvalue weighted by Crippen LogP contribution is 2.30. The Bertz CT molecular complexity index is 947. The fourth-order valence-corrected chi connectivity index (χ4v) is 4.46. The van der Waals surface area contributed by atoms with Crippen LogP contribution in [0.4, 0.5) is 19.0 Å². The molecule has 2 heterocycles. The van der Waals surface area contributed by atoms with E-state index in [4.69, 9.17) is 4.74 Å². The summed E-state index contributed by atoms with van der Waals surface area (Å²) in [7, 11) is -2.21. The van der Waals surface area contributed by atoms with Crippen molar-refractivity contribution in [2.45, 2.75) is 30.5 Å². The number of hydrogen-bond acceptors (Lipinski definition) is 5. The van der Waals surface area contributed by atoms with E-state index in [0.717, 1.165) is 12.3 Å². The third-order valence-corrected chi connectivity index (χ3v) is 6.10. The molecule has 1 aliphatic heterocycles. The number of alkyl halides is 3. The van der Waals surface area contributed by atoms with Gasteiger partial charge in [0, 0.05) is 25.3 Å². The predicted molar refractivity (Wildman–Crippen MR) is 97.9 cm³/mol. The Balaban J connectivity index is 1.68. The van der Waals surface area contributed by atoms with E-state index in [9.17, 15) is 21.6 Å². The summed E-state index contributed by atoms with van der Waals surface area (Å²) in [6, 6.07) is 6.50. The van der Waals surface area contributed by atoms with Gasteiger partial charge in [-0.3, -0.25) is 0 Å². The Hall–Kier alpha value is -2.33. The zero-order valence-electron chi connectivity index (χ0n) is 15.3. The molecule has 0 bridgehead atoms. The van der Waals surface area contributed by atoms with Gasteiger partial charge in [0.05, 0.1) is 17.6 Å². The third-order valence-electron chi connectivity index (χ3n) is 4.59. The van der Waals surface area contributed by atoms with E-state index >= 15 is 0 Å². The highest BCUT2D eigenvalue weighted by molar-refractivity contribution is 7.89. The van der Waals surface area contributed by atoms with Crippen molar-refractivity contribution in [3.63, 3.8) is 0 Å². The molecule has 152 valence electrons. The number of anilines is 1. The molecule has 1 unspecified atom stereocenters. The largest absolute Gasteiger partial charge is 0.496 e. The quantitative estimate of drug-likeness (QED) is 0.813. The molecule has 28 heavy (non-hydrogen) atoms. The second-order valence-corrected chi connectivity index (χ2v) is 8.30. The standard InChI is InChI=1S/C18H20F3N3O3S/c1-12-9-15(4-5-16(12)27-2)28(25,26)23-14-7-8-24(11-14)17-6-3-13(10-22-17)18(19,20)21/h3-6,9-10,14,23H,7-8,11H2,1-2H3. The van der Waals surface area contributed by atoms with Gasteiger partial charge in [0.1, 0.15) is 11.6 Å². The highest BCUT2D eigenvalue weighted by Gasteiger charge is 2.32. The molecule has 1 aromatic heterocycles. The van der Waals surface area contributed by atoms with Crippen LogP contribution >= 0.6 is 0 Å². The molecule has 6 nitrogen and oxygen atoms in total. The number of hydrogen-bond donors (Lipinski definition) is 1. The fourth-order valence-electron chi connectivity index (χ4n) is 3.11. The van der Waals surface area contributed by atoms with E-state index in [0.29, 0.717) is 36.6 Å². The smallest absolute Gasteiger partial charge is 0.417 e. The van der Waals surface area contributed by atoms with Crippen molar-refractivity contribution in [2.24, 2.45) is 0 Å². The number of aromatic nitrogens is 1. The van der Waals surface area contributed by atoms with Gasteiger partial charge in [-0.2, -0.15) is 13.2 Å². The second-order valence-electron chi connectivity index (χ2n) is 6.59. The number of nitrogens with one attached hydrogen (secondary N) is 1. The normalized spacial score (nSPS) is 17.8. The van der Waals surface area contributed by atoms with Crippen molar-refractivity contribution in [2.75, 3.05) is 25.1 Å². The van der Waals surface area contributed by atoms with Gasteiger partial charge in [0.25, 0.3) is 0 Å². The minimum absolute atomic E-state index is 0.136. The van der Waals surface area contributed by atoms with E-state index in [1.807, 2.05) is 0 Å². The van der Waals surface area contributed by atoms with E-state index in [-0.39, 0.29) is 10.9 Å². The monoisotopic (exact) mass is 415 g/mol. The minimum atomic E-state index is -4.44. The maximum atomic E-state index is 12.6. The van der Waals surface area contributed by atoms with E-state index in [2.05, 4.69) is 9.71 Å². The molecule has 0 aliphatic carbocycles. The van der Waals surface area contributed by atoms with Crippen molar-refractivity contribution in [1.82, 2.24) is 9.71 Å². The Morgan fingerprint density at radius 3 is 2.57 bits per heavy atom. The summed E-state index contributed by atoms with van der Waals surface area (Å²) in [6.45, 7) is 2.57. The molecule has 10 heteroatoms. The first-order chi connectivity index (χ1) is 13.1. The minimum Gasteiger partial charge on any atom is -0.496 e. The van der Waals surface area contributed by atoms with Gasteiger partial charge in [-0.05, 0) is 49.2 Å². The zero-order chi connectivity index (χ0) is 20.5. The zero-order valence-corrected chi connectivity index (χ0v) is 16.1. The molecule has 1 aromatic carbocycles. The van der Waals surface area contributed by atoms with Gasteiger partial charge in [-0.15, -0.1) is 0 Å². The van der Waals surface area contributed by atoms with Crippen molar-refractivity contribution < 1.29 is 26.3 Å². The Labute approximate surface area is 161 Å². The molecule has 1 atom stereocenters. The van der Waals surface area contributed by atoms with Crippen LogP contribution in [-0.2, 0) is 16.2 Å². The first kappa shape index (κ1) is 20.4. The van der Waals surface area contributed by atoms with E-state index < -0.39 is 21.8 Å². The number of rotatable bonds is 5. The van der Waals surface area contributed by atoms with Crippen LogP contribution in [0.25, 0.3) is 0 Å². The van der Waals surface area contributed by atoms with Crippen LogP contribution in [0.15, 0.2) is 41.4 Å². The topological polar surface area (TPSA) is 71.5 Å². The first-order valence-corrected chi connectivity index (χ1v) is 10.0. The van der Waals surface area contributed by atoms with Crippen molar-refractivity contribution in [3.8, 4) is 5.75 Å². The summed E-state index contributed by atoms with van der Waals surface area (Å²) in [4.78, 5) is 5.75. The van der Waals surface area contributed by atoms with E-state index in [1.165, 1.54) is 25.3 Å². The number of sulfonamides is 1. The molecule has 2 aromatic rings. The van der Waals surface area contributed by atoms with Gasteiger partial charge in [0.15, 0.2) is 0 Å². The van der Waals surface area contributed by atoms with E-state index in [1.54, 1.807) is 17.9 Å². The van der Waals surface area contributed by atoms with Crippen LogP contribution in [0.5, 0.6) is 5.75 Å². The van der Waals surface area contributed by atoms with Crippen LogP contribution in [-0.4, -0.2) is 39.6 Å². The maximum Gasteiger partial charge on any atom is 0.417 e. The number of nitrogens with zero attached hydrogens (tertiary/aromatic N) is 2. The molecule has 0 radical (unpaired) electrons. The molecule has 0 spiro atoms. The molecular weight excluding hydrogens is 395 g/mol. The number of ether oxygens (including phenoxy) is 1. The van der Waals surface area contributed by atoms with Crippen LogP contribution in [0, 0.1) is 6.92 Å². The van der Waals surface area contributed by atoms with Gasteiger partial charge < -0.3 is 9.64 Å². The summed E-state index contributed by atoms with van der Waals surface area (Å²) in [6.07, 6.45) is -3.13.